The van der Waals surface area contributed by atoms with Gasteiger partial charge in [-0.25, -0.2) is 0 Å². The van der Waals surface area contributed by atoms with E-state index in [9.17, 15) is 4.79 Å². The molecule has 1 aliphatic carbocycles. The molecular formula is C17H20ClNOS. The second-order valence-electron chi connectivity index (χ2n) is 6.77. The Morgan fingerprint density at radius 1 is 1.33 bits per heavy atom. The van der Waals surface area contributed by atoms with E-state index in [0.717, 1.165) is 22.0 Å². The summed E-state index contributed by atoms with van der Waals surface area (Å²) >= 11 is 7.69. The number of fused-ring (bicyclic) bond motifs is 1. The summed E-state index contributed by atoms with van der Waals surface area (Å²) in [5.74, 6) is 0.277. The largest absolute Gasteiger partial charge is 0.340 e. The zero-order valence-electron chi connectivity index (χ0n) is 12.9. The highest BCUT2D eigenvalue weighted by molar-refractivity contribution is 7.16. The van der Waals surface area contributed by atoms with Gasteiger partial charge in [0.15, 0.2) is 5.78 Å². The molecule has 0 N–H and O–H groups in total. The second-order valence-corrected chi connectivity index (χ2v) is 8.52. The highest BCUT2D eigenvalue weighted by atomic mass is 35.5. The van der Waals surface area contributed by atoms with Crippen LogP contribution in [0.2, 0.25) is 4.34 Å². The van der Waals surface area contributed by atoms with E-state index in [4.69, 9.17) is 11.6 Å². The van der Waals surface area contributed by atoms with Crippen LogP contribution in [0.25, 0.3) is 0 Å². The molecule has 0 fully saturated rings. The number of carbonyl (C=O) groups is 1. The van der Waals surface area contributed by atoms with Gasteiger partial charge in [-0.1, -0.05) is 25.4 Å². The molecule has 0 saturated heterocycles. The van der Waals surface area contributed by atoms with Crippen molar-refractivity contribution in [3.05, 3.63) is 44.4 Å². The monoisotopic (exact) mass is 321 g/mol. The van der Waals surface area contributed by atoms with Crippen LogP contribution < -0.4 is 0 Å². The van der Waals surface area contributed by atoms with E-state index in [0.29, 0.717) is 6.42 Å². The molecule has 0 spiro atoms. The average molecular weight is 322 g/mol. The standard InChI is InChI=1S/C17H20ClNOS/c1-10-7-12-13(8-17(3,4)9-14(12)20)19(10)11(2)15-5-6-16(18)21-15/h5-7,11H,8-9H2,1-4H3. The van der Waals surface area contributed by atoms with Gasteiger partial charge in [-0.3, -0.25) is 4.79 Å². The van der Waals surface area contributed by atoms with Crippen LogP contribution in [0.5, 0.6) is 0 Å². The van der Waals surface area contributed by atoms with Gasteiger partial charge in [0.25, 0.3) is 0 Å². The van der Waals surface area contributed by atoms with Crippen LogP contribution in [-0.2, 0) is 6.42 Å². The van der Waals surface area contributed by atoms with E-state index in [1.54, 1.807) is 11.3 Å². The summed E-state index contributed by atoms with van der Waals surface area (Å²) in [7, 11) is 0. The maximum Gasteiger partial charge on any atom is 0.165 e. The van der Waals surface area contributed by atoms with E-state index in [1.165, 1.54) is 10.6 Å². The SMILES string of the molecule is Cc1cc2c(n1C(C)c1ccc(Cl)s1)CC(C)(C)CC2=O. The van der Waals surface area contributed by atoms with Crippen molar-refractivity contribution in [1.29, 1.82) is 0 Å². The molecule has 2 nitrogen and oxygen atoms in total. The van der Waals surface area contributed by atoms with E-state index in [-0.39, 0.29) is 17.2 Å². The lowest BCUT2D eigenvalue weighted by Gasteiger charge is -2.31. The Morgan fingerprint density at radius 2 is 2.05 bits per heavy atom. The van der Waals surface area contributed by atoms with Gasteiger partial charge in [0.1, 0.15) is 0 Å². The maximum atomic E-state index is 12.4. The van der Waals surface area contributed by atoms with Crippen molar-refractivity contribution in [2.75, 3.05) is 0 Å². The summed E-state index contributed by atoms with van der Waals surface area (Å²) in [5.41, 5.74) is 3.30. The number of hydrogen-bond donors (Lipinski definition) is 0. The van der Waals surface area contributed by atoms with Crippen molar-refractivity contribution in [2.45, 2.75) is 46.6 Å². The number of nitrogens with zero attached hydrogens (tertiary/aromatic N) is 1. The fraction of sp³-hybridized carbons (Fsp3) is 0.471. The van der Waals surface area contributed by atoms with Crippen molar-refractivity contribution < 1.29 is 4.79 Å². The van der Waals surface area contributed by atoms with Crippen LogP contribution in [0.3, 0.4) is 0 Å². The maximum absolute atomic E-state index is 12.4. The number of aryl methyl sites for hydroxylation is 1. The molecule has 0 radical (unpaired) electrons. The lowest BCUT2D eigenvalue weighted by atomic mass is 9.76. The average Bonchev–Trinajstić information content (AvgIpc) is 2.91. The Labute approximate surface area is 134 Å². The van der Waals surface area contributed by atoms with Gasteiger partial charge in [0.2, 0.25) is 0 Å². The smallest absolute Gasteiger partial charge is 0.165 e. The molecule has 0 aromatic carbocycles. The first-order valence-electron chi connectivity index (χ1n) is 7.28. The third-order valence-electron chi connectivity index (χ3n) is 4.31. The number of Topliss-reactive ketones (excluding diaryl/α,β-unsaturated/α-hetero) is 1. The third kappa shape index (κ3) is 2.58. The Bertz CT molecular complexity index is 710. The highest BCUT2D eigenvalue weighted by Crippen LogP contribution is 2.39. The first-order chi connectivity index (χ1) is 9.78. The third-order valence-corrected chi connectivity index (χ3v) is 5.71. The summed E-state index contributed by atoms with van der Waals surface area (Å²) in [4.78, 5) is 13.6. The normalized spacial score (nSPS) is 18.6. The second kappa shape index (κ2) is 4.99. The molecule has 1 aliphatic rings. The molecule has 3 rings (SSSR count). The number of ketones is 1. The number of carbonyl (C=O) groups excluding carboxylic acids is 1. The first kappa shape index (κ1) is 14.9. The predicted octanol–water partition coefficient (Wildman–Crippen LogP) is 5.28. The lowest BCUT2D eigenvalue weighted by Crippen LogP contribution is -2.28. The van der Waals surface area contributed by atoms with Crippen LogP contribution in [-0.4, -0.2) is 10.4 Å². The minimum atomic E-state index is 0.0411. The summed E-state index contributed by atoms with van der Waals surface area (Å²) in [6.45, 7) is 8.62. The highest BCUT2D eigenvalue weighted by Gasteiger charge is 2.34. The summed E-state index contributed by atoms with van der Waals surface area (Å²) < 4.78 is 3.13. The summed E-state index contributed by atoms with van der Waals surface area (Å²) in [6, 6.07) is 6.30. The zero-order valence-corrected chi connectivity index (χ0v) is 14.4. The van der Waals surface area contributed by atoms with E-state index >= 15 is 0 Å². The first-order valence-corrected chi connectivity index (χ1v) is 8.47. The lowest BCUT2D eigenvalue weighted by molar-refractivity contribution is 0.0910. The van der Waals surface area contributed by atoms with Gasteiger partial charge in [0, 0.05) is 28.2 Å². The van der Waals surface area contributed by atoms with Gasteiger partial charge in [-0.05, 0) is 43.9 Å². The molecule has 0 saturated carbocycles. The van der Waals surface area contributed by atoms with Crippen molar-refractivity contribution in [3.63, 3.8) is 0 Å². The Balaban J connectivity index is 2.10. The van der Waals surface area contributed by atoms with E-state index in [1.807, 2.05) is 6.07 Å². The fourth-order valence-electron chi connectivity index (χ4n) is 3.39. The molecule has 2 aromatic rings. The van der Waals surface area contributed by atoms with Crippen LogP contribution >= 0.6 is 22.9 Å². The fourth-order valence-corrected chi connectivity index (χ4v) is 4.49. The van der Waals surface area contributed by atoms with E-state index < -0.39 is 0 Å². The molecule has 0 bridgehead atoms. The Hall–Kier alpha value is -1.06. The zero-order chi connectivity index (χ0) is 15.4. The number of aromatic nitrogens is 1. The molecule has 2 heterocycles. The van der Waals surface area contributed by atoms with Crippen molar-refractivity contribution in [1.82, 2.24) is 4.57 Å². The van der Waals surface area contributed by atoms with Gasteiger partial charge >= 0.3 is 0 Å². The van der Waals surface area contributed by atoms with Crippen LogP contribution in [0, 0.1) is 12.3 Å². The number of halogens is 1. The molecular weight excluding hydrogens is 302 g/mol. The molecule has 0 aliphatic heterocycles. The van der Waals surface area contributed by atoms with Crippen LogP contribution in [0.1, 0.15) is 59.9 Å². The quantitative estimate of drug-likeness (QED) is 0.738. The molecule has 4 heteroatoms. The minimum absolute atomic E-state index is 0.0411. The van der Waals surface area contributed by atoms with Crippen LogP contribution in [0.15, 0.2) is 18.2 Å². The predicted molar refractivity (Wildman–Crippen MR) is 88.7 cm³/mol. The molecule has 1 atom stereocenters. The molecule has 0 amide bonds. The summed E-state index contributed by atoms with van der Waals surface area (Å²) in [5, 5.41) is 0. The number of thiophene rings is 1. The van der Waals surface area contributed by atoms with Gasteiger partial charge in [-0.2, -0.15) is 0 Å². The van der Waals surface area contributed by atoms with E-state index in [2.05, 4.69) is 44.4 Å². The molecule has 21 heavy (non-hydrogen) atoms. The van der Waals surface area contributed by atoms with Crippen molar-refractivity contribution in [3.8, 4) is 0 Å². The van der Waals surface area contributed by atoms with Gasteiger partial charge in [-0.15, -0.1) is 11.3 Å². The van der Waals surface area contributed by atoms with Gasteiger partial charge < -0.3 is 4.57 Å². The number of hydrogen-bond acceptors (Lipinski definition) is 2. The minimum Gasteiger partial charge on any atom is -0.340 e. The molecule has 2 aromatic heterocycles. The Kier molecular flexibility index (Phi) is 3.53. The Morgan fingerprint density at radius 3 is 2.67 bits per heavy atom. The molecule has 1 unspecified atom stereocenters. The number of rotatable bonds is 2. The van der Waals surface area contributed by atoms with Crippen LogP contribution in [0.4, 0.5) is 0 Å². The van der Waals surface area contributed by atoms with Gasteiger partial charge in [0.05, 0.1) is 10.4 Å². The topological polar surface area (TPSA) is 22.0 Å². The van der Waals surface area contributed by atoms with Crippen molar-refractivity contribution >= 4 is 28.7 Å². The molecule has 112 valence electrons. The van der Waals surface area contributed by atoms with Crippen molar-refractivity contribution in [2.24, 2.45) is 5.41 Å². The summed E-state index contributed by atoms with van der Waals surface area (Å²) in [6.07, 6.45) is 1.59.